The van der Waals surface area contributed by atoms with Crippen LogP contribution in [0.25, 0.3) is 0 Å². The zero-order chi connectivity index (χ0) is 15.9. The van der Waals surface area contributed by atoms with Crippen LogP contribution in [0, 0.1) is 11.6 Å². The molecular weight excluding hydrogens is 315 g/mol. The third kappa shape index (κ3) is 2.70. The van der Waals surface area contributed by atoms with Crippen LogP contribution in [0.1, 0.15) is 5.56 Å². The summed E-state index contributed by atoms with van der Waals surface area (Å²) in [6, 6.07) is 6.86. The van der Waals surface area contributed by atoms with Gasteiger partial charge in [-0.3, -0.25) is 4.72 Å². The maximum Gasteiger partial charge on any atom is 0.491 e. The summed E-state index contributed by atoms with van der Waals surface area (Å²) in [5, 5.41) is 9.60. The first-order valence-corrected chi connectivity index (χ1v) is 7.75. The molecule has 0 saturated carbocycles. The van der Waals surface area contributed by atoms with Crippen LogP contribution >= 0.6 is 0 Å². The number of halogens is 2. The van der Waals surface area contributed by atoms with Crippen molar-refractivity contribution < 1.29 is 26.9 Å². The number of sulfonamides is 1. The van der Waals surface area contributed by atoms with Crippen molar-refractivity contribution in [3.8, 4) is 0 Å². The van der Waals surface area contributed by atoms with Crippen molar-refractivity contribution in [2.24, 2.45) is 0 Å². The minimum absolute atomic E-state index is 0.188. The SMILES string of the molecule is O=S(=O)(Nc1ccc2c(c1)B(O)OC2)c1ccc(F)c(F)c1. The first-order valence-electron chi connectivity index (χ1n) is 6.27. The minimum Gasteiger partial charge on any atom is -0.423 e. The number of hydrogen-bond donors (Lipinski definition) is 2. The topological polar surface area (TPSA) is 75.6 Å². The van der Waals surface area contributed by atoms with Crippen molar-refractivity contribution in [2.45, 2.75) is 11.5 Å². The van der Waals surface area contributed by atoms with E-state index in [1.807, 2.05) is 0 Å². The molecule has 0 atom stereocenters. The molecule has 1 aliphatic heterocycles. The van der Waals surface area contributed by atoms with Crippen LogP contribution in [0.4, 0.5) is 14.5 Å². The van der Waals surface area contributed by atoms with Gasteiger partial charge in [-0.15, -0.1) is 0 Å². The number of anilines is 1. The van der Waals surface area contributed by atoms with E-state index in [2.05, 4.69) is 4.72 Å². The molecule has 2 aromatic carbocycles. The van der Waals surface area contributed by atoms with E-state index >= 15 is 0 Å². The molecule has 2 aromatic rings. The van der Waals surface area contributed by atoms with Gasteiger partial charge < -0.3 is 9.68 Å². The Morgan fingerprint density at radius 2 is 1.91 bits per heavy atom. The van der Waals surface area contributed by atoms with Crippen LogP contribution in [-0.2, 0) is 21.3 Å². The van der Waals surface area contributed by atoms with Gasteiger partial charge in [-0.25, -0.2) is 17.2 Å². The van der Waals surface area contributed by atoms with E-state index in [9.17, 15) is 22.2 Å². The molecule has 0 aromatic heterocycles. The lowest BCUT2D eigenvalue weighted by Crippen LogP contribution is -2.28. The van der Waals surface area contributed by atoms with Gasteiger partial charge in [0.25, 0.3) is 10.0 Å². The Bertz CT molecular complexity index is 844. The highest BCUT2D eigenvalue weighted by atomic mass is 32.2. The predicted molar refractivity (Wildman–Crippen MR) is 76.0 cm³/mol. The normalized spacial score (nSPS) is 14.0. The van der Waals surface area contributed by atoms with Crippen molar-refractivity contribution in [3.63, 3.8) is 0 Å². The van der Waals surface area contributed by atoms with Crippen LogP contribution in [0.2, 0.25) is 0 Å². The quantitative estimate of drug-likeness (QED) is 0.825. The van der Waals surface area contributed by atoms with Crippen LogP contribution in [0.5, 0.6) is 0 Å². The molecule has 3 rings (SSSR count). The van der Waals surface area contributed by atoms with Gasteiger partial charge in [-0.2, -0.15) is 0 Å². The molecule has 0 unspecified atom stereocenters. The summed E-state index contributed by atoms with van der Waals surface area (Å²) < 4.78 is 57.6. The Morgan fingerprint density at radius 3 is 2.64 bits per heavy atom. The standard InChI is InChI=1S/C13H10BF2NO4S/c15-12-4-3-10(6-13(12)16)22(19,20)17-9-2-1-8-7-21-14(18)11(8)5-9/h1-6,17-18H,7H2. The van der Waals surface area contributed by atoms with E-state index in [4.69, 9.17) is 4.65 Å². The maximum atomic E-state index is 13.2. The predicted octanol–water partition coefficient (Wildman–Crippen LogP) is 0.983. The summed E-state index contributed by atoms with van der Waals surface area (Å²) >= 11 is 0. The zero-order valence-electron chi connectivity index (χ0n) is 11.1. The summed E-state index contributed by atoms with van der Waals surface area (Å²) in [4.78, 5) is -0.399. The number of fused-ring (bicyclic) bond motifs is 1. The molecule has 0 saturated heterocycles. The monoisotopic (exact) mass is 325 g/mol. The Balaban J connectivity index is 1.91. The maximum absolute atomic E-state index is 13.2. The van der Waals surface area contributed by atoms with Crippen molar-refractivity contribution in [1.29, 1.82) is 0 Å². The molecule has 9 heteroatoms. The van der Waals surface area contributed by atoms with Gasteiger partial charge in [0.15, 0.2) is 11.6 Å². The van der Waals surface area contributed by atoms with Crippen LogP contribution in [0.3, 0.4) is 0 Å². The Labute approximate surface area is 125 Å². The van der Waals surface area contributed by atoms with E-state index in [1.54, 1.807) is 6.07 Å². The summed E-state index contributed by atoms with van der Waals surface area (Å²) in [5.41, 5.74) is 1.40. The molecule has 0 bridgehead atoms. The second-order valence-electron chi connectivity index (χ2n) is 4.76. The van der Waals surface area contributed by atoms with E-state index < -0.39 is 33.7 Å². The van der Waals surface area contributed by atoms with Gasteiger partial charge in [0, 0.05) is 5.69 Å². The molecule has 0 aliphatic carbocycles. The highest BCUT2D eigenvalue weighted by Gasteiger charge is 2.28. The van der Waals surface area contributed by atoms with Crippen molar-refractivity contribution >= 4 is 28.3 Å². The first-order chi connectivity index (χ1) is 10.4. The molecule has 2 N–H and O–H groups in total. The van der Waals surface area contributed by atoms with E-state index in [0.29, 0.717) is 11.5 Å². The molecule has 0 radical (unpaired) electrons. The number of hydrogen-bond acceptors (Lipinski definition) is 4. The molecule has 1 aliphatic rings. The molecular formula is C13H10BF2NO4S. The smallest absolute Gasteiger partial charge is 0.423 e. The van der Waals surface area contributed by atoms with Gasteiger partial charge in [0.2, 0.25) is 0 Å². The molecule has 5 nitrogen and oxygen atoms in total. The average molecular weight is 325 g/mol. The second kappa shape index (κ2) is 5.34. The molecule has 22 heavy (non-hydrogen) atoms. The number of rotatable bonds is 3. The fourth-order valence-corrected chi connectivity index (χ4v) is 3.20. The van der Waals surface area contributed by atoms with Crippen LogP contribution in [0.15, 0.2) is 41.3 Å². The summed E-state index contributed by atoms with van der Waals surface area (Å²) in [6.07, 6.45) is 0. The highest BCUT2D eigenvalue weighted by Crippen LogP contribution is 2.20. The van der Waals surface area contributed by atoms with Gasteiger partial charge in [0.05, 0.1) is 11.5 Å². The fourth-order valence-electron chi connectivity index (χ4n) is 2.14. The molecule has 0 fully saturated rings. The molecule has 0 amide bonds. The second-order valence-corrected chi connectivity index (χ2v) is 6.44. The third-order valence-corrected chi connectivity index (χ3v) is 4.64. The first kappa shape index (κ1) is 15.0. The Kier molecular flexibility index (Phi) is 3.63. The van der Waals surface area contributed by atoms with E-state index in [0.717, 1.165) is 17.7 Å². The lowest BCUT2D eigenvalue weighted by atomic mass is 9.79. The van der Waals surface area contributed by atoms with Crippen molar-refractivity contribution in [1.82, 2.24) is 0 Å². The zero-order valence-corrected chi connectivity index (χ0v) is 11.9. The largest absolute Gasteiger partial charge is 0.491 e. The lowest BCUT2D eigenvalue weighted by molar-refractivity contribution is 0.275. The highest BCUT2D eigenvalue weighted by molar-refractivity contribution is 7.92. The average Bonchev–Trinajstić information content (AvgIpc) is 2.83. The van der Waals surface area contributed by atoms with Gasteiger partial charge in [-0.1, -0.05) is 6.07 Å². The van der Waals surface area contributed by atoms with E-state index in [-0.39, 0.29) is 12.3 Å². The van der Waals surface area contributed by atoms with E-state index in [1.165, 1.54) is 12.1 Å². The third-order valence-electron chi connectivity index (χ3n) is 3.26. The fraction of sp³-hybridized carbons (Fsp3) is 0.0769. The molecule has 0 spiro atoms. The van der Waals surface area contributed by atoms with Crippen molar-refractivity contribution in [2.75, 3.05) is 4.72 Å². The van der Waals surface area contributed by atoms with Crippen LogP contribution in [-0.4, -0.2) is 20.6 Å². The number of benzene rings is 2. The van der Waals surface area contributed by atoms with Gasteiger partial charge in [0.1, 0.15) is 0 Å². The molecule has 1 heterocycles. The summed E-state index contributed by atoms with van der Waals surface area (Å²) in [7, 11) is -5.18. The Hall–Kier alpha value is -1.97. The summed E-state index contributed by atoms with van der Waals surface area (Å²) in [6.45, 7) is 0.243. The van der Waals surface area contributed by atoms with Gasteiger partial charge >= 0.3 is 7.12 Å². The minimum atomic E-state index is -4.07. The summed E-state index contributed by atoms with van der Waals surface area (Å²) in [5.74, 6) is -2.38. The van der Waals surface area contributed by atoms with Gasteiger partial charge in [-0.05, 0) is 41.4 Å². The Morgan fingerprint density at radius 1 is 1.14 bits per heavy atom. The van der Waals surface area contributed by atoms with Crippen LogP contribution < -0.4 is 10.2 Å². The van der Waals surface area contributed by atoms with Crippen molar-refractivity contribution in [3.05, 3.63) is 53.6 Å². The number of nitrogens with one attached hydrogen (secondary N) is 1. The molecule has 114 valence electrons. The lowest BCUT2D eigenvalue weighted by Gasteiger charge is -2.10.